The predicted molar refractivity (Wildman–Crippen MR) is 81.8 cm³/mol. The molecule has 0 saturated heterocycles. The van der Waals surface area contributed by atoms with Gasteiger partial charge in [-0.05, 0) is 45.9 Å². The number of benzene rings is 1. The molecule has 0 radical (unpaired) electrons. The fraction of sp³-hybridized carbons (Fsp3) is 0.357. The van der Waals surface area contributed by atoms with Crippen LogP contribution >= 0.6 is 15.9 Å². The number of amides is 1. The van der Waals surface area contributed by atoms with Crippen molar-refractivity contribution in [3.63, 3.8) is 0 Å². The van der Waals surface area contributed by atoms with Gasteiger partial charge in [0.15, 0.2) is 0 Å². The number of rotatable bonds is 1. The van der Waals surface area contributed by atoms with Crippen LogP contribution in [0.3, 0.4) is 0 Å². The van der Waals surface area contributed by atoms with Gasteiger partial charge in [0.1, 0.15) is 17.2 Å². The van der Waals surface area contributed by atoms with Crippen LogP contribution < -0.4 is 5.32 Å². The van der Waals surface area contributed by atoms with E-state index in [2.05, 4.69) is 31.2 Å². The van der Waals surface area contributed by atoms with E-state index in [-0.39, 0.29) is 0 Å². The van der Waals surface area contributed by atoms with E-state index in [0.29, 0.717) is 11.6 Å². The van der Waals surface area contributed by atoms with Gasteiger partial charge in [0.2, 0.25) is 0 Å². The maximum absolute atomic E-state index is 11.8. The number of aryl methyl sites for hydroxylation is 1. The molecule has 5 nitrogen and oxygen atoms in total. The van der Waals surface area contributed by atoms with E-state index in [1.165, 1.54) is 0 Å². The van der Waals surface area contributed by atoms with Crippen LogP contribution in [0.4, 0.5) is 10.6 Å². The van der Waals surface area contributed by atoms with Crippen LogP contribution in [-0.2, 0) is 4.74 Å². The molecule has 0 aliphatic rings. The highest BCUT2D eigenvalue weighted by Gasteiger charge is 2.18. The molecule has 0 spiro atoms. The summed E-state index contributed by atoms with van der Waals surface area (Å²) < 4.78 is 6.16. The van der Waals surface area contributed by atoms with Crippen LogP contribution in [0, 0.1) is 6.92 Å². The summed E-state index contributed by atoms with van der Waals surface area (Å²) in [6.07, 6.45) is -0.528. The van der Waals surface area contributed by atoms with E-state index < -0.39 is 11.7 Å². The summed E-state index contributed by atoms with van der Waals surface area (Å²) in [6, 6.07) is 5.61. The molecule has 0 unspecified atom stereocenters. The molecule has 0 atom stereocenters. The summed E-state index contributed by atoms with van der Waals surface area (Å²) in [5, 5.41) is 3.44. The van der Waals surface area contributed by atoms with Crippen molar-refractivity contribution in [2.24, 2.45) is 0 Å². The SMILES string of the molecule is Cc1nc(NC(=O)OC(C)(C)C)c2ccc(Br)cc2n1. The number of nitrogens with one attached hydrogen (secondary N) is 1. The Kier molecular flexibility index (Phi) is 3.94. The number of carbonyl (C=O) groups excluding carboxylic acids is 1. The minimum Gasteiger partial charge on any atom is -0.444 e. The first kappa shape index (κ1) is 14.7. The van der Waals surface area contributed by atoms with Crippen LogP contribution in [0.5, 0.6) is 0 Å². The van der Waals surface area contributed by atoms with E-state index in [1.54, 1.807) is 6.92 Å². The summed E-state index contributed by atoms with van der Waals surface area (Å²) in [6.45, 7) is 7.22. The number of fused-ring (bicyclic) bond motifs is 1. The minimum absolute atomic E-state index is 0.453. The third-order valence-electron chi connectivity index (χ3n) is 2.39. The van der Waals surface area contributed by atoms with Crippen molar-refractivity contribution in [3.05, 3.63) is 28.5 Å². The zero-order valence-corrected chi connectivity index (χ0v) is 13.4. The van der Waals surface area contributed by atoms with Crippen LogP contribution in [0.15, 0.2) is 22.7 Å². The Morgan fingerprint density at radius 2 is 2.00 bits per heavy atom. The number of aromatic nitrogens is 2. The fourth-order valence-electron chi connectivity index (χ4n) is 1.71. The Morgan fingerprint density at radius 3 is 2.65 bits per heavy atom. The largest absolute Gasteiger partial charge is 0.444 e. The monoisotopic (exact) mass is 337 g/mol. The van der Waals surface area contributed by atoms with Crippen molar-refractivity contribution < 1.29 is 9.53 Å². The van der Waals surface area contributed by atoms with Gasteiger partial charge in [-0.2, -0.15) is 0 Å². The highest BCUT2D eigenvalue weighted by Crippen LogP contribution is 2.24. The first-order valence-corrected chi connectivity index (χ1v) is 6.98. The molecule has 1 aromatic carbocycles. The van der Waals surface area contributed by atoms with Crippen molar-refractivity contribution in [1.29, 1.82) is 0 Å². The lowest BCUT2D eigenvalue weighted by Crippen LogP contribution is -2.27. The van der Waals surface area contributed by atoms with Crippen molar-refractivity contribution in [3.8, 4) is 0 Å². The number of hydrogen-bond acceptors (Lipinski definition) is 4. The van der Waals surface area contributed by atoms with Crippen molar-refractivity contribution in [1.82, 2.24) is 9.97 Å². The lowest BCUT2D eigenvalue weighted by atomic mass is 10.2. The van der Waals surface area contributed by atoms with Gasteiger partial charge in [0.25, 0.3) is 0 Å². The maximum Gasteiger partial charge on any atom is 0.413 e. The molecule has 2 rings (SSSR count). The van der Waals surface area contributed by atoms with Gasteiger partial charge in [0, 0.05) is 9.86 Å². The summed E-state index contributed by atoms with van der Waals surface area (Å²) >= 11 is 3.40. The number of hydrogen-bond donors (Lipinski definition) is 1. The van der Waals surface area contributed by atoms with E-state index in [9.17, 15) is 4.79 Å². The quantitative estimate of drug-likeness (QED) is 0.852. The Bertz CT molecular complexity index is 660. The first-order chi connectivity index (χ1) is 9.24. The van der Waals surface area contributed by atoms with Crippen LogP contribution in [0.1, 0.15) is 26.6 Å². The molecule has 1 aromatic heterocycles. The third-order valence-corrected chi connectivity index (χ3v) is 2.88. The molecule has 1 N–H and O–H groups in total. The van der Waals surface area contributed by atoms with Crippen LogP contribution in [0.2, 0.25) is 0 Å². The second-order valence-corrected chi connectivity index (χ2v) is 6.32. The zero-order valence-electron chi connectivity index (χ0n) is 11.8. The molecule has 1 amide bonds. The maximum atomic E-state index is 11.8. The van der Waals surface area contributed by atoms with Gasteiger partial charge in [-0.15, -0.1) is 0 Å². The average Bonchev–Trinajstić information content (AvgIpc) is 2.24. The molecule has 1 heterocycles. The van der Waals surface area contributed by atoms with Crippen molar-refractivity contribution in [2.45, 2.75) is 33.3 Å². The number of halogens is 1. The molecule has 0 aliphatic heterocycles. The van der Waals surface area contributed by atoms with Crippen molar-refractivity contribution in [2.75, 3.05) is 5.32 Å². The van der Waals surface area contributed by atoms with Gasteiger partial charge in [-0.25, -0.2) is 14.8 Å². The molecule has 106 valence electrons. The van der Waals surface area contributed by atoms with Crippen molar-refractivity contribution >= 4 is 38.7 Å². The Hall–Kier alpha value is -1.69. The molecular formula is C14H16BrN3O2. The molecule has 2 aromatic rings. The molecule has 0 bridgehead atoms. The summed E-state index contributed by atoms with van der Waals surface area (Å²) in [5.74, 6) is 1.04. The summed E-state index contributed by atoms with van der Waals surface area (Å²) in [5.41, 5.74) is 0.211. The lowest BCUT2D eigenvalue weighted by Gasteiger charge is -2.19. The molecule has 6 heteroatoms. The second-order valence-electron chi connectivity index (χ2n) is 5.41. The number of carbonyl (C=O) groups is 1. The summed E-state index contributed by atoms with van der Waals surface area (Å²) in [4.78, 5) is 20.5. The highest BCUT2D eigenvalue weighted by atomic mass is 79.9. The van der Waals surface area contributed by atoms with Gasteiger partial charge in [0.05, 0.1) is 5.52 Å². The second kappa shape index (κ2) is 5.36. The first-order valence-electron chi connectivity index (χ1n) is 6.18. The van der Waals surface area contributed by atoms with E-state index in [0.717, 1.165) is 15.4 Å². The number of ether oxygens (including phenoxy) is 1. The van der Waals surface area contributed by atoms with Crippen LogP contribution in [-0.4, -0.2) is 21.7 Å². The van der Waals surface area contributed by atoms with Gasteiger partial charge in [-0.1, -0.05) is 15.9 Å². The lowest BCUT2D eigenvalue weighted by molar-refractivity contribution is 0.0635. The molecular weight excluding hydrogens is 322 g/mol. The highest BCUT2D eigenvalue weighted by molar-refractivity contribution is 9.10. The molecule has 20 heavy (non-hydrogen) atoms. The van der Waals surface area contributed by atoms with E-state index in [4.69, 9.17) is 4.74 Å². The minimum atomic E-state index is -0.551. The summed E-state index contributed by atoms with van der Waals surface area (Å²) in [7, 11) is 0. The van der Waals surface area contributed by atoms with Crippen LogP contribution in [0.25, 0.3) is 10.9 Å². The van der Waals surface area contributed by atoms with Gasteiger partial charge >= 0.3 is 6.09 Å². The number of anilines is 1. The normalized spacial score (nSPS) is 11.4. The molecule has 0 saturated carbocycles. The molecule has 0 fully saturated rings. The molecule has 0 aliphatic carbocycles. The Balaban J connectivity index is 2.37. The van der Waals surface area contributed by atoms with Gasteiger partial charge in [-0.3, -0.25) is 5.32 Å². The topological polar surface area (TPSA) is 64.1 Å². The van der Waals surface area contributed by atoms with E-state index >= 15 is 0 Å². The van der Waals surface area contributed by atoms with Gasteiger partial charge < -0.3 is 4.74 Å². The smallest absolute Gasteiger partial charge is 0.413 e. The Labute approximate surface area is 125 Å². The third kappa shape index (κ3) is 3.66. The predicted octanol–water partition coefficient (Wildman–Crippen LogP) is 4.05. The number of nitrogens with zero attached hydrogens (tertiary/aromatic N) is 2. The standard InChI is InChI=1S/C14H16BrN3O2/c1-8-16-11-7-9(15)5-6-10(11)12(17-8)18-13(19)20-14(2,3)4/h5-7H,1-4H3,(H,16,17,18,19). The Morgan fingerprint density at radius 1 is 1.30 bits per heavy atom. The zero-order chi connectivity index (χ0) is 14.9. The average molecular weight is 338 g/mol. The fourth-order valence-corrected chi connectivity index (χ4v) is 2.06. The van der Waals surface area contributed by atoms with E-state index in [1.807, 2.05) is 39.0 Å².